The Morgan fingerprint density at radius 1 is 1.11 bits per heavy atom. The molecule has 0 radical (unpaired) electrons. The molecule has 0 aromatic heterocycles. The number of hydrogen-bond donors (Lipinski definition) is 1. The van der Waals surface area contributed by atoms with Crippen LogP contribution in [0.2, 0.25) is 10.0 Å². The van der Waals surface area contributed by atoms with Crippen LogP contribution in [0.15, 0.2) is 18.2 Å². The van der Waals surface area contributed by atoms with Crippen molar-refractivity contribution in [3.63, 3.8) is 0 Å². The van der Waals surface area contributed by atoms with Gasteiger partial charge in [-0.15, -0.1) is 0 Å². The highest BCUT2D eigenvalue weighted by Crippen LogP contribution is 2.44. The van der Waals surface area contributed by atoms with Crippen molar-refractivity contribution in [2.75, 3.05) is 6.54 Å². The van der Waals surface area contributed by atoms with E-state index in [2.05, 4.69) is 6.07 Å². The summed E-state index contributed by atoms with van der Waals surface area (Å²) in [6.45, 7) is 0.800. The van der Waals surface area contributed by atoms with E-state index in [9.17, 15) is 0 Å². The molecule has 1 saturated carbocycles. The van der Waals surface area contributed by atoms with Crippen LogP contribution in [-0.4, -0.2) is 6.54 Å². The zero-order chi connectivity index (χ0) is 13.0. The molecule has 1 aromatic rings. The lowest BCUT2D eigenvalue weighted by molar-refractivity contribution is 0.253. The monoisotopic (exact) mass is 285 g/mol. The second-order valence-corrected chi connectivity index (χ2v) is 6.33. The molecule has 18 heavy (non-hydrogen) atoms. The second kappa shape index (κ2) is 6.27. The molecule has 0 amide bonds. The first kappa shape index (κ1) is 14.2. The van der Waals surface area contributed by atoms with Gasteiger partial charge in [0.15, 0.2) is 0 Å². The number of aryl methyl sites for hydroxylation is 1. The fourth-order valence-electron chi connectivity index (χ4n) is 3.18. The minimum Gasteiger partial charge on any atom is -0.330 e. The van der Waals surface area contributed by atoms with E-state index in [4.69, 9.17) is 28.9 Å². The van der Waals surface area contributed by atoms with Crippen LogP contribution >= 0.6 is 23.2 Å². The van der Waals surface area contributed by atoms with Crippen molar-refractivity contribution >= 4 is 23.2 Å². The molecular weight excluding hydrogens is 265 g/mol. The van der Waals surface area contributed by atoms with Gasteiger partial charge in [0.1, 0.15) is 0 Å². The standard InChI is InChI=1S/C15H21Cl2N/c16-13-4-3-12(14(17)11-13)5-8-15(9-10-18)6-1-2-7-15/h3-4,11H,1-2,5-10,18H2. The first-order chi connectivity index (χ1) is 8.65. The van der Waals surface area contributed by atoms with E-state index >= 15 is 0 Å². The fourth-order valence-corrected chi connectivity index (χ4v) is 3.68. The molecule has 0 saturated heterocycles. The molecule has 0 spiro atoms. The van der Waals surface area contributed by atoms with Gasteiger partial charge in [-0.25, -0.2) is 0 Å². The molecule has 0 bridgehead atoms. The van der Waals surface area contributed by atoms with Crippen LogP contribution in [0.3, 0.4) is 0 Å². The molecule has 2 rings (SSSR count). The van der Waals surface area contributed by atoms with Crippen LogP contribution in [0.5, 0.6) is 0 Å². The van der Waals surface area contributed by atoms with E-state index in [1.807, 2.05) is 12.1 Å². The summed E-state index contributed by atoms with van der Waals surface area (Å²) in [6, 6.07) is 5.81. The molecule has 1 aromatic carbocycles. The van der Waals surface area contributed by atoms with Crippen LogP contribution in [-0.2, 0) is 6.42 Å². The maximum absolute atomic E-state index is 6.23. The molecule has 1 nitrogen and oxygen atoms in total. The number of benzene rings is 1. The van der Waals surface area contributed by atoms with Crippen LogP contribution in [0.25, 0.3) is 0 Å². The van der Waals surface area contributed by atoms with E-state index in [-0.39, 0.29) is 0 Å². The van der Waals surface area contributed by atoms with E-state index in [1.54, 1.807) is 0 Å². The number of rotatable bonds is 5. The van der Waals surface area contributed by atoms with Gasteiger partial charge in [0, 0.05) is 10.0 Å². The zero-order valence-corrected chi connectivity index (χ0v) is 12.2. The topological polar surface area (TPSA) is 26.0 Å². The summed E-state index contributed by atoms with van der Waals surface area (Å²) < 4.78 is 0. The Labute approximate surface area is 120 Å². The lowest BCUT2D eigenvalue weighted by atomic mass is 9.77. The molecule has 0 heterocycles. The van der Waals surface area contributed by atoms with Crippen molar-refractivity contribution in [1.82, 2.24) is 0 Å². The number of hydrogen-bond acceptors (Lipinski definition) is 1. The highest BCUT2D eigenvalue weighted by atomic mass is 35.5. The van der Waals surface area contributed by atoms with Gasteiger partial charge < -0.3 is 5.73 Å². The Kier molecular flexibility index (Phi) is 4.94. The molecule has 0 atom stereocenters. The van der Waals surface area contributed by atoms with Gasteiger partial charge in [0.2, 0.25) is 0 Å². The van der Waals surface area contributed by atoms with Gasteiger partial charge >= 0.3 is 0 Å². The molecule has 2 N–H and O–H groups in total. The Balaban J connectivity index is 2.01. The third-order valence-electron chi connectivity index (χ3n) is 4.28. The summed E-state index contributed by atoms with van der Waals surface area (Å²) in [6.07, 6.45) is 8.76. The van der Waals surface area contributed by atoms with Gasteiger partial charge in [0.05, 0.1) is 0 Å². The predicted octanol–water partition coefficient (Wildman–Crippen LogP) is 4.84. The van der Waals surface area contributed by atoms with Crippen molar-refractivity contribution in [3.8, 4) is 0 Å². The second-order valence-electron chi connectivity index (χ2n) is 5.48. The molecular formula is C15H21Cl2N. The lowest BCUT2D eigenvalue weighted by Gasteiger charge is -2.28. The van der Waals surface area contributed by atoms with Gasteiger partial charge in [0.25, 0.3) is 0 Å². The Hall–Kier alpha value is -0.240. The van der Waals surface area contributed by atoms with Crippen molar-refractivity contribution in [2.45, 2.75) is 44.9 Å². The zero-order valence-electron chi connectivity index (χ0n) is 10.7. The van der Waals surface area contributed by atoms with Crippen molar-refractivity contribution in [3.05, 3.63) is 33.8 Å². The largest absolute Gasteiger partial charge is 0.330 e. The van der Waals surface area contributed by atoms with E-state index in [1.165, 1.54) is 37.7 Å². The Morgan fingerprint density at radius 3 is 2.44 bits per heavy atom. The highest BCUT2D eigenvalue weighted by molar-refractivity contribution is 6.35. The van der Waals surface area contributed by atoms with E-state index in [0.29, 0.717) is 10.4 Å². The molecule has 1 aliphatic rings. The summed E-state index contributed by atoms with van der Waals surface area (Å²) in [5.41, 5.74) is 7.45. The maximum Gasteiger partial charge on any atom is 0.0452 e. The van der Waals surface area contributed by atoms with Crippen molar-refractivity contribution in [2.24, 2.45) is 11.1 Å². The number of halogens is 2. The quantitative estimate of drug-likeness (QED) is 0.823. The first-order valence-corrected chi connectivity index (χ1v) is 7.55. The van der Waals surface area contributed by atoms with Crippen molar-refractivity contribution < 1.29 is 0 Å². The average molecular weight is 286 g/mol. The third kappa shape index (κ3) is 3.40. The first-order valence-electron chi connectivity index (χ1n) is 6.79. The minimum atomic E-state index is 0.470. The van der Waals surface area contributed by atoms with Crippen LogP contribution < -0.4 is 5.73 Å². The Bertz CT molecular complexity index is 397. The number of nitrogens with two attached hydrogens (primary N) is 1. The SMILES string of the molecule is NCCC1(CCc2ccc(Cl)cc2Cl)CCCC1. The maximum atomic E-state index is 6.23. The molecule has 0 aliphatic heterocycles. The summed E-state index contributed by atoms with van der Waals surface area (Å²) in [7, 11) is 0. The summed E-state index contributed by atoms with van der Waals surface area (Å²) >= 11 is 12.1. The Morgan fingerprint density at radius 2 is 1.83 bits per heavy atom. The molecule has 1 aliphatic carbocycles. The summed E-state index contributed by atoms with van der Waals surface area (Å²) in [5, 5.41) is 1.50. The normalized spacial score (nSPS) is 18.2. The average Bonchev–Trinajstić information content (AvgIpc) is 2.77. The molecule has 100 valence electrons. The van der Waals surface area contributed by atoms with Gasteiger partial charge in [-0.2, -0.15) is 0 Å². The fraction of sp³-hybridized carbons (Fsp3) is 0.600. The van der Waals surface area contributed by atoms with Crippen LogP contribution in [0, 0.1) is 5.41 Å². The summed E-state index contributed by atoms with van der Waals surface area (Å²) in [4.78, 5) is 0. The van der Waals surface area contributed by atoms with Crippen LogP contribution in [0.1, 0.15) is 44.1 Å². The minimum absolute atomic E-state index is 0.470. The van der Waals surface area contributed by atoms with E-state index in [0.717, 1.165) is 24.4 Å². The van der Waals surface area contributed by atoms with Crippen LogP contribution in [0.4, 0.5) is 0 Å². The molecule has 3 heteroatoms. The third-order valence-corrected chi connectivity index (χ3v) is 4.87. The predicted molar refractivity (Wildman–Crippen MR) is 79.4 cm³/mol. The van der Waals surface area contributed by atoms with E-state index < -0.39 is 0 Å². The highest BCUT2D eigenvalue weighted by Gasteiger charge is 2.32. The smallest absolute Gasteiger partial charge is 0.0452 e. The lowest BCUT2D eigenvalue weighted by Crippen LogP contribution is -2.21. The van der Waals surface area contributed by atoms with Gasteiger partial charge in [-0.05, 0) is 61.8 Å². The molecule has 0 unspecified atom stereocenters. The summed E-state index contributed by atoms with van der Waals surface area (Å²) in [5.74, 6) is 0. The van der Waals surface area contributed by atoms with Gasteiger partial charge in [-0.3, -0.25) is 0 Å². The van der Waals surface area contributed by atoms with Crippen molar-refractivity contribution in [1.29, 1.82) is 0 Å². The van der Waals surface area contributed by atoms with Gasteiger partial charge in [-0.1, -0.05) is 42.1 Å². The molecule has 1 fully saturated rings.